The first-order valence-corrected chi connectivity index (χ1v) is 19.8. The summed E-state index contributed by atoms with van der Waals surface area (Å²) >= 11 is 6.95. The quantitative estimate of drug-likeness (QED) is 0.103. The summed E-state index contributed by atoms with van der Waals surface area (Å²) in [4.78, 5) is 21.5. The lowest BCUT2D eigenvalue weighted by Crippen LogP contribution is -2.29. The van der Waals surface area contributed by atoms with Gasteiger partial charge in [0.15, 0.2) is 11.5 Å². The summed E-state index contributed by atoms with van der Waals surface area (Å²) in [5.41, 5.74) is 7.32. The molecule has 12 nitrogen and oxygen atoms in total. The average molecular weight is 855 g/mol. The number of carboxylic acids is 2. The van der Waals surface area contributed by atoms with Gasteiger partial charge in [0.1, 0.15) is 24.7 Å². The molecular formula is C34H34Br2N2O10S2. The molecule has 0 unspecified atom stereocenters. The van der Waals surface area contributed by atoms with E-state index in [4.69, 9.17) is 19.7 Å². The van der Waals surface area contributed by atoms with Crippen LogP contribution in [-0.2, 0) is 55.9 Å². The number of carbonyl (C=O) groups is 2. The van der Waals surface area contributed by atoms with Crippen LogP contribution < -0.4 is 18.9 Å². The summed E-state index contributed by atoms with van der Waals surface area (Å²) in [7, 11) is -7.90. The Kier molecular flexibility index (Phi) is 13.2. The molecule has 50 heavy (non-hydrogen) atoms. The molecule has 266 valence electrons. The smallest absolute Gasteiger partial charge is 0.320 e. The van der Waals surface area contributed by atoms with E-state index in [9.17, 15) is 26.4 Å². The zero-order valence-electron chi connectivity index (χ0n) is 26.9. The highest BCUT2D eigenvalue weighted by molar-refractivity contribution is 9.11. The molecule has 0 aromatic heterocycles. The van der Waals surface area contributed by atoms with Crippen molar-refractivity contribution < 1.29 is 46.1 Å². The number of carboxylic acid groups (broad SMARTS) is 2. The van der Waals surface area contributed by atoms with Crippen LogP contribution in [0.15, 0.2) is 81.7 Å². The molecule has 4 rings (SSSR count). The van der Waals surface area contributed by atoms with Crippen molar-refractivity contribution >= 4 is 63.8 Å². The number of hydrogen-bond donors (Lipinski definition) is 4. The standard InChI is InChI=1S/C34H34Br2N2O10S2/c1-21-25(17-47-31-11-9-23(13-29(31)35)15-37-49(43,44)19-33(39)40)5-3-7-27(21)28-8-4-6-26(22(28)2)18-48-32-12-10-24(14-30(32)36)16-38-50(45,46)20-34(41)42/h3-14,37-38H,15-20H2,1-2H3,(H,39,40)(H,41,42). The van der Waals surface area contributed by atoms with Gasteiger partial charge in [-0.1, -0.05) is 48.5 Å². The van der Waals surface area contributed by atoms with E-state index in [1.54, 1.807) is 36.4 Å². The number of nitrogens with one attached hydrogen (secondary N) is 2. The van der Waals surface area contributed by atoms with E-state index in [0.717, 1.165) is 33.4 Å². The topological polar surface area (TPSA) is 185 Å². The molecule has 0 aliphatic rings. The number of aliphatic carboxylic acids is 2. The van der Waals surface area contributed by atoms with Gasteiger partial charge >= 0.3 is 11.9 Å². The first kappa shape index (κ1) is 39.0. The van der Waals surface area contributed by atoms with Crippen LogP contribution in [0.5, 0.6) is 11.5 Å². The molecule has 0 aliphatic heterocycles. The fourth-order valence-electron chi connectivity index (χ4n) is 4.93. The molecule has 0 saturated heterocycles. The second-order valence-electron chi connectivity index (χ2n) is 11.2. The number of halogens is 2. The van der Waals surface area contributed by atoms with Crippen LogP contribution in [0, 0.1) is 13.8 Å². The van der Waals surface area contributed by atoms with Gasteiger partial charge in [0.05, 0.1) is 8.95 Å². The third-order valence-electron chi connectivity index (χ3n) is 7.56. The molecule has 4 N–H and O–H groups in total. The highest BCUT2D eigenvalue weighted by Gasteiger charge is 2.17. The molecule has 0 fully saturated rings. The highest BCUT2D eigenvalue weighted by Crippen LogP contribution is 2.33. The van der Waals surface area contributed by atoms with Gasteiger partial charge in [-0.05, 0) is 114 Å². The van der Waals surface area contributed by atoms with Crippen LogP contribution in [0.2, 0.25) is 0 Å². The van der Waals surface area contributed by atoms with E-state index in [1.807, 2.05) is 50.2 Å². The van der Waals surface area contributed by atoms with Crippen LogP contribution in [0.4, 0.5) is 0 Å². The van der Waals surface area contributed by atoms with Crippen molar-refractivity contribution in [1.82, 2.24) is 9.44 Å². The SMILES string of the molecule is Cc1c(COc2ccc(CNS(=O)(=O)CC(=O)O)cc2Br)cccc1-c1cccc(COc2ccc(CNS(=O)(=O)CC(=O)O)cc2Br)c1C. The predicted octanol–water partition coefficient (Wildman–Crippen LogP) is 5.66. The molecule has 0 saturated carbocycles. The molecule has 0 atom stereocenters. The van der Waals surface area contributed by atoms with Crippen molar-refractivity contribution in [1.29, 1.82) is 0 Å². The molecule has 0 radical (unpaired) electrons. The summed E-state index contributed by atoms with van der Waals surface area (Å²) in [6.45, 7) is 4.47. The predicted molar refractivity (Wildman–Crippen MR) is 195 cm³/mol. The van der Waals surface area contributed by atoms with Gasteiger partial charge in [0.2, 0.25) is 20.0 Å². The Bertz CT molecular complexity index is 1970. The number of rotatable bonds is 17. The Morgan fingerprint density at radius 1 is 0.640 bits per heavy atom. The molecule has 16 heteroatoms. The van der Waals surface area contributed by atoms with E-state index in [0.29, 0.717) is 31.6 Å². The molecule has 4 aromatic carbocycles. The second-order valence-corrected chi connectivity index (χ2v) is 16.6. The van der Waals surface area contributed by atoms with E-state index >= 15 is 0 Å². The van der Waals surface area contributed by atoms with Crippen LogP contribution in [0.25, 0.3) is 11.1 Å². The lowest BCUT2D eigenvalue weighted by Gasteiger charge is -2.17. The summed E-state index contributed by atoms with van der Waals surface area (Å²) in [6.07, 6.45) is 0. The van der Waals surface area contributed by atoms with E-state index < -0.39 is 43.5 Å². The monoisotopic (exact) mass is 852 g/mol. The Hall–Kier alpha value is -3.80. The fourth-order valence-corrected chi connectivity index (χ4v) is 7.64. The molecule has 0 amide bonds. The lowest BCUT2D eigenvalue weighted by atomic mass is 9.92. The van der Waals surface area contributed by atoms with Gasteiger partial charge in [0, 0.05) is 13.1 Å². The number of sulfonamides is 2. The van der Waals surface area contributed by atoms with Crippen molar-refractivity contribution in [2.45, 2.75) is 40.2 Å². The van der Waals surface area contributed by atoms with Gasteiger partial charge < -0.3 is 19.7 Å². The molecule has 0 heterocycles. The van der Waals surface area contributed by atoms with E-state index in [1.165, 1.54) is 0 Å². The van der Waals surface area contributed by atoms with Crippen molar-refractivity contribution in [2.75, 3.05) is 11.5 Å². The number of benzene rings is 4. The van der Waals surface area contributed by atoms with Crippen LogP contribution in [-0.4, -0.2) is 50.5 Å². The van der Waals surface area contributed by atoms with Crippen molar-refractivity contribution in [3.63, 3.8) is 0 Å². The zero-order valence-corrected chi connectivity index (χ0v) is 31.7. The molecule has 0 aliphatic carbocycles. The van der Waals surface area contributed by atoms with E-state index in [2.05, 4.69) is 41.3 Å². The van der Waals surface area contributed by atoms with Crippen molar-refractivity contribution in [3.05, 3.63) is 115 Å². The normalized spacial score (nSPS) is 11.7. The van der Waals surface area contributed by atoms with Crippen molar-refractivity contribution in [2.24, 2.45) is 0 Å². The zero-order chi connectivity index (χ0) is 36.6. The minimum absolute atomic E-state index is 0.0633. The third-order valence-corrected chi connectivity index (χ3v) is 11.2. The Morgan fingerprint density at radius 2 is 1.02 bits per heavy atom. The summed E-state index contributed by atoms with van der Waals surface area (Å²) in [5.74, 6) is -3.76. The van der Waals surface area contributed by atoms with Crippen LogP contribution in [0.3, 0.4) is 0 Å². The lowest BCUT2D eigenvalue weighted by molar-refractivity contribution is -0.135. The van der Waals surface area contributed by atoms with Crippen molar-refractivity contribution in [3.8, 4) is 22.6 Å². The van der Waals surface area contributed by atoms with Crippen LogP contribution >= 0.6 is 31.9 Å². The second kappa shape index (κ2) is 16.9. The summed E-state index contributed by atoms with van der Waals surface area (Å²) in [5, 5.41) is 17.5. The molecule has 4 aromatic rings. The maximum Gasteiger partial charge on any atom is 0.320 e. The van der Waals surface area contributed by atoms with Gasteiger partial charge in [-0.2, -0.15) is 0 Å². The maximum atomic E-state index is 11.8. The van der Waals surface area contributed by atoms with Gasteiger partial charge in [0.25, 0.3) is 0 Å². The van der Waals surface area contributed by atoms with E-state index in [-0.39, 0.29) is 26.3 Å². The number of hydrogen-bond acceptors (Lipinski definition) is 8. The summed E-state index contributed by atoms with van der Waals surface area (Å²) in [6, 6.07) is 22.2. The molecule has 0 spiro atoms. The average Bonchev–Trinajstić information content (AvgIpc) is 3.02. The van der Waals surface area contributed by atoms with Gasteiger partial charge in [-0.3, -0.25) is 9.59 Å². The maximum absolute atomic E-state index is 11.8. The third kappa shape index (κ3) is 11.1. The molecule has 0 bridgehead atoms. The first-order chi connectivity index (χ1) is 23.5. The fraction of sp³-hybridized carbons (Fsp3) is 0.235. The van der Waals surface area contributed by atoms with Gasteiger partial charge in [-0.15, -0.1) is 0 Å². The van der Waals surface area contributed by atoms with Crippen LogP contribution in [0.1, 0.15) is 33.4 Å². The Morgan fingerprint density at radius 3 is 1.36 bits per heavy atom. The van der Waals surface area contributed by atoms with Gasteiger partial charge in [-0.25, -0.2) is 26.3 Å². The Balaban J connectivity index is 1.41. The first-order valence-electron chi connectivity index (χ1n) is 14.9. The minimum Gasteiger partial charge on any atom is -0.488 e. The largest absolute Gasteiger partial charge is 0.488 e. The Labute approximate surface area is 307 Å². The highest BCUT2D eigenvalue weighted by atomic mass is 79.9. The summed E-state index contributed by atoms with van der Waals surface area (Å²) < 4.78 is 65.4. The molecular weight excluding hydrogens is 820 g/mol. The number of ether oxygens (including phenoxy) is 2. The minimum atomic E-state index is -3.95.